The summed E-state index contributed by atoms with van der Waals surface area (Å²) < 4.78 is 21.7. The van der Waals surface area contributed by atoms with Gasteiger partial charge in [-0.2, -0.15) is 0 Å². The maximum atomic E-state index is 11.1. The number of hydrogen-bond acceptors (Lipinski definition) is 5. The number of ether oxygens (including phenoxy) is 4. The Bertz CT molecular complexity index is 631. The van der Waals surface area contributed by atoms with Crippen LogP contribution in [-0.4, -0.2) is 34.7 Å². The van der Waals surface area contributed by atoms with E-state index in [9.17, 15) is 4.79 Å². The highest BCUT2D eigenvalue weighted by atomic mass is 16.5. The third kappa shape index (κ3) is 2.70. The van der Waals surface area contributed by atoms with Crippen LogP contribution < -0.4 is 18.9 Å². The first-order chi connectivity index (χ1) is 10.7. The van der Waals surface area contributed by atoms with Crippen molar-refractivity contribution in [1.29, 1.82) is 0 Å². The van der Waals surface area contributed by atoms with Crippen LogP contribution in [0.3, 0.4) is 0 Å². The van der Waals surface area contributed by atoms with Crippen LogP contribution >= 0.6 is 0 Å². The molecule has 0 saturated heterocycles. The van der Waals surface area contributed by atoms with E-state index in [-0.39, 0.29) is 0 Å². The van der Waals surface area contributed by atoms with Gasteiger partial charge in [-0.25, -0.2) is 0 Å². The molecular weight excluding hydrogens is 284 g/mol. The SMILES string of the molecule is COc1cccc(OC)c1-c1c(OC)cc(C=O)cc1OC. The zero-order valence-corrected chi connectivity index (χ0v) is 13.0. The minimum absolute atomic E-state index is 0.464. The van der Waals surface area contributed by atoms with Crippen LogP contribution in [0.2, 0.25) is 0 Å². The molecule has 5 nitrogen and oxygen atoms in total. The van der Waals surface area contributed by atoms with Crippen molar-refractivity contribution in [2.45, 2.75) is 0 Å². The van der Waals surface area contributed by atoms with Gasteiger partial charge in [0, 0.05) is 5.56 Å². The van der Waals surface area contributed by atoms with Crippen LogP contribution in [0.15, 0.2) is 30.3 Å². The molecule has 0 spiro atoms. The van der Waals surface area contributed by atoms with Gasteiger partial charge in [-0.1, -0.05) is 6.07 Å². The number of hydrogen-bond donors (Lipinski definition) is 0. The number of carbonyl (C=O) groups is 1. The molecule has 0 radical (unpaired) electrons. The van der Waals surface area contributed by atoms with E-state index in [4.69, 9.17) is 18.9 Å². The monoisotopic (exact) mass is 302 g/mol. The zero-order chi connectivity index (χ0) is 16.1. The van der Waals surface area contributed by atoms with E-state index >= 15 is 0 Å². The first-order valence-electron chi connectivity index (χ1n) is 6.62. The molecular formula is C17H18O5. The molecule has 0 atom stereocenters. The smallest absolute Gasteiger partial charge is 0.150 e. The highest BCUT2D eigenvalue weighted by Crippen LogP contribution is 2.47. The van der Waals surface area contributed by atoms with Crippen LogP contribution in [0.1, 0.15) is 10.4 Å². The van der Waals surface area contributed by atoms with E-state index in [1.54, 1.807) is 26.4 Å². The Morgan fingerprint density at radius 3 is 1.50 bits per heavy atom. The lowest BCUT2D eigenvalue weighted by atomic mass is 9.99. The predicted octanol–water partition coefficient (Wildman–Crippen LogP) is 3.20. The first-order valence-corrected chi connectivity index (χ1v) is 6.62. The van der Waals surface area contributed by atoms with Gasteiger partial charge in [0.15, 0.2) is 0 Å². The normalized spacial score (nSPS) is 10.0. The number of aldehydes is 1. The molecule has 2 rings (SSSR count). The van der Waals surface area contributed by atoms with Gasteiger partial charge in [0.1, 0.15) is 29.3 Å². The van der Waals surface area contributed by atoms with Gasteiger partial charge >= 0.3 is 0 Å². The second-order valence-electron chi connectivity index (χ2n) is 4.46. The summed E-state index contributed by atoms with van der Waals surface area (Å²) in [4.78, 5) is 11.1. The molecule has 2 aromatic carbocycles. The molecule has 0 aromatic heterocycles. The summed E-state index contributed by atoms with van der Waals surface area (Å²) in [5, 5.41) is 0. The molecule has 0 saturated carbocycles. The molecule has 0 aliphatic heterocycles. The predicted molar refractivity (Wildman–Crippen MR) is 83.5 cm³/mol. The van der Waals surface area contributed by atoms with Gasteiger partial charge in [-0.05, 0) is 24.3 Å². The molecule has 0 fully saturated rings. The zero-order valence-electron chi connectivity index (χ0n) is 13.0. The van der Waals surface area contributed by atoms with Crippen molar-refractivity contribution < 1.29 is 23.7 Å². The lowest BCUT2D eigenvalue weighted by Gasteiger charge is -2.18. The van der Waals surface area contributed by atoms with Crippen molar-refractivity contribution in [2.24, 2.45) is 0 Å². The topological polar surface area (TPSA) is 54.0 Å². The maximum Gasteiger partial charge on any atom is 0.150 e. The Kier molecular flexibility index (Phi) is 4.88. The Labute approximate surface area is 129 Å². The third-order valence-electron chi connectivity index (χ3n) is 3.34. The minimum atomic E-state index is 0.464. The van der Waals surface area contributed by atoms with Gasteiger partial charge < -0.3 is 18.9 Å². The fourth-order valence-electron chi connectivity index (χ4n) is 2.34. The van der Waals surface area contributed by atoms with Gasteiger partial charge in [0.25, 0.3) is 0 Å². The maximum absolute atomic E-state index is 11.1. The molecule has 2 aromatic rings. The van der Waals surface area contributed by atoms with Crippen LogP contribution in [0.25, 0.3) is 11.1 Å². The quantitative estimate of drug-likeness (QED) is 0.767. The van der Waals surface area contributed by atoms with Crippen LogP contribution in [0.5, 0.6) is 23.0 Å². The van der Waals surface area contributed by atoms with Crippen molar-refractivity contribution in [3.63, 3.8) is 0 Å². The average Bonchev–Trinajstić information content (AvgIpc) is 2.59. The summed E-state index contributed by atoms with van der Waals surface area (Å²) in [6.45, 7) is 0. The van der Waals surface area contributed by atoms with E-state index in [0.717, 1.165) is 6.29 Å². The fraction of sp³-hybridized carbons (Fsp3) is 0.235. The molecule has 116 valence electrons. The van der Waals surface area contributed by atoms with Gasteiger partial charge in [0.05, 0.1) is 39.6 Å². The lowest BCUT2D eigenvalue weighted by molar-refractivity contribution is 0.112. The summed E-state index contributed by atoms with van der Waals surface area (Å²) in [5.74, 6) is 2.25. The fourth-order valence-corrected chi connectivity index (χ4v) is 2.34. The molecule has 0 aliphatic carbocycles. The van der Waals surface area contributed by atoms with Crippen molar-refractivity contribution >= 4 is 6.29 Å². The van der Waals surface area contributed by atoms with Crippen molar-refractivity contribution in [3.05, 3.63) is 35.9 Å². The molecule has 22 heavy (non-hydrogen) atoms. The Hall–Kier alpha value is -2.69. The lowest BCUT2D eigenvalue weighted by Crippen LogP contribution is -1.99. The average molecular weight is 302 g/mol. The molecule has 0 N–H and O–H groups in total. The molecule has 0 amide bonds. The van der Waals surface area contributed by atoms with E-state index in [2.05, 4.69) is 0 Å². The van der Waals surface area contributed by atoms with Crippen LogP contribution in [0, 0.1) is 0 Å². The summed E-state index contributed by atoms with van der Waals surface area (Å²) in [6.07, 6.45) is 0.744. The molecule has 0 heterocycles. The summed E-state index contributed by atoms with van der Waals surface area (Å²) in [6, 6.07) is 8.78. The highest BCUT2D eigenvalue weighted by Gasteiger charge is 2.22. The van der Waals surface area contributed by atoms with E-state index < -0.39 is 0 Å². The van der Waals surface area contributed by atoms with Gasteiger partial charge in [0.2, 0.25) is 0 Å². The molecule has 0 aliphatic rings. The largest absolute Gasteiger partial charge is 0.496 e. The second-order valence-corrected chi connectivity index (χ2v) is 4.46. The highest BCUT2D eigenvalue weighted by molar-refractivity contribution is 5.89. The Morgan fingerprint density at radius 1 is 0.727 bits per heavy atom. The van der Waals surface area contributed by atoms with Crippen LogP contribution in [0.4, 0.5) is 0 Å². The summed E-state index contributed by atoms with van der Waals surface area (Å²) in [7, 11) is 6.23. The molecule has 0 unspecified atom stereocenters. The van der Waals surface area contributed by atoms with Crippen LogP contribution in [-0.2, 0) is 0 Å². The number of carbonyl (C=O) groups excluding carboxylic acids is 1. The Balaban J connectivity index is 2.84. The Morgan fingerprint density at radius 2 is 1.14 bits per heavy atom. The third-order valence-corrected chi connectivity index (χ3v) is 3.34. The van der Waals surface area contributed by atoms with E-state index in [1.807, 2.05) is 18.2 Å². The standard InChI is InChI=1S/C17H18O5/c1-19-12-6-5-7-13(20-2)16(12)17-14(21-3)8-11(10-18)9-15(17)22-4/h5-10H,1-4H3. The minimum Gasteiger partial charge on any atom is -0.496 e. The number of benzene rings is 2. The first kappa shape index (κ1) is 15.7. The summed E-state index contributed by atoms with van der Waals surface area (Å²) in [5.41, 5.74) is 1.84. The van der Waals surface area contributed by atoms with E-state index in [0.29, 0.717) is 39.7 Å². The van der Waals surface area contributed by atoms with Crippen molar-refractivity contribution in [3.8, 4) is 34.1 Å². The van der Waals surface area contributed by atoms with Gasteiger partial charge in [-0.15, -0.1) is 0 Å². The summed E-state index contributed by atoms with van der Waals surface area (Å²) >= 11 is 0. The number of rotatable bonds is 6. The molecule has 0 bridgehead atoms. The number of methoxy groups -OCH3 is 4. The van der Waals surface area contributed by atoms with Crippen molar-refractivity contribution in [1.82, 2.24) is 0 Å². The van der Waals surface area contributed by atoms with Crippen molar-refractivity contribution in [2.75, 3.05) is 28.4 Å². The van der Waals surface area contributed by atoms with Gasteiger partial charge in [-0.3, -0.25) is 4.79 Å². The second kappa shape index (κ2) is 6.85. The molecule has 5 heteroatoms. The van der Waals surface area contributed by atoms with E-state index in [1.165, 1.54) is 14.2 Å².